The van der Waals surface area contributed by atoms with Gasteiger partial charge in [-0.25, -0.2) is 4.39 Å². The van der Waals surface area contributed by atoms with Gasteiger partial charge in [-0.3, -0.25) is 4.79 Å². The van der Waals surface area contributed by atoms with Crippen LogP contribution in [0.4, 0.5) is 10.2 Å². The Balaban J connectivity index is 3.04. The Morgan fingerprint density at radius 2 is 1.90 bits per heavy atom. The summed E-state index contributed by atoms with van der Waals surface area (Å²) in [6.45, 7) is 1.72. The topological polar surface area (TPSA) is 106 Å². The third kappa shape index (κ3) is 2.39. The molecular formula is C14H8BrFN4O. The van der Waals surface area contributed by atoms with Crippen molar-refractivity contribution >= 4 is 21.7 Å². The van der Waals surface area contributed by atoms with Crippen molar-refractivity contribution in [3.05, 3.63) is 49.5 Å². The molecule has 0 aliphatic heterocycles. The van der Waals surface area contributed by atoms with Gasteiger partial charge < -0.3 is 10.7 Å². The first-order valence-electron chi connectivity index (χ1n) is 5.72. The predicted octanol–water partition coefficient (Wildman–Crippen LogP) is 2.58. The van der Waals surface area contributed by atoms with Crippen LogP contribution in [-0.4, -0.2) is 4.98 Å². The van der Waals surface area contributed by atoms with E-state index in [0.29, 0.717) is 5.56 Å². The van der Waals surface area contributed by atoms with Crippen LogP contribution in [0.25, 0.3) is 11.1 Å². The van der Waals surface area contributed by atoms with Crippen molar-refractivity contribution in [2.24, 2.45) is 0 Å². The quantitative estimate of drug-likeness (QED) is 0.827. The Morgan fingerprint density at radius 1 is 1.29 bits per heavy atom. The van der Waals surface area contributed by atoms with Gasteiger partial charge in [0.1, 0.15) is 34.9 Å². The molecule has 1 aromatic carbocycles. The maximum absolute atomic E-state index is 14.3. The molecule has 0 aliphatic carbocycles. The number of nitrogens with one attached hydrogen (secondary N) is 1. The molecule has 2 rings (SSSR count). The Labute approximate surface area is 127 Å². The number of rotatable bonds is 1. The first-order chi connectivity index (χ1) is 9.90. The fourth-order valence-electron chi connectivity index (χ4n) is 2.02. The molecule has 1 heterocycles. The fraction of sp³-hybridized carbons (Fsp3) is 0.0714. The summed E-state index contributed by atoms with van der Waals surface area (Å²) >= 11 is 3.07. The van der Waals surface area contributed by atoms with Gasteiger partial charge in [-0.15, -0.1) is 0 Å². The van der Waals surface area contributed by atoms with Crippen LogP contribution in [0.15, 0.2) is 21.4 Å². The highest BCUT2D eigenvalue weighted by molar-refractivity contribution is 9.10. The molecule has 0 saturated carbocycles. The number of pyridine rings is 1. The summed E-state index contributed by atoms with van der Waals surface area (Å²) in [4.78, 5) is 14.0. The molecule has 0 atom stereocenters. The van der Waals surface area contributed by atoms with Crippen molar-refractivity contribution in [3.8, 4) is 23.3 Å². The zero-order chi connectivity index (χ0) is 15.7. The fourth-order valence-corrected chi connectivity index (χ4v) is 2.59. The number of benzene rings is 1. The lowest BCUT2D eigenvalue weighted by molar-refractivity contribution is 0.624. The molecule has 5 nitrogen and oxygen atoms in total. The first kappa shape index (κ1) is 14.8. The smallest absolute Gasteiger partial charge is 0.268 e. The summed E-state index contributed by atoms with van der Waals surface area (Å²) in [5.74, 6) is -0.868. The lowest BCUT2D eigenvalue weighted by Crippen LogP contribution is -2.16. The molecule has 0 radical (unpaired) electrons. The van der Waals surface area contributed by atoms with E-state index in [1.807, 2.05) is 0 Å². The molecule has 0 amide bonds. The average molecular weight is 347 g/mol. The molecule has 3 N–H and O–H groups in total. The van der Waals surface area contributed by atoms with Gasteiger partial charge in [-0.1, -0.05) is 0 Å². The summed E-state index contributed by atoms with van der Waals surface area (Å²) in [6.07, 6.45) is 0. The number of nitriles is 2. The summed E-state index contributed by atoms with van der Waals surface area (Å²) in [5.41, 5.74) is 4.93. The van der Waals surface area contributed by atoms with E-state index in [0.717, 1.165) is 0 Å². The second kappa shape index (κ2) is 5.39. The normalized spacial score (nSPS) is 9.95. The monoisotopic (exact) mass is 346 g/mol. The molecule has 0 unspecified atom stereocenters. The molecule has 104 valence electrons. The maximum atomic E-state index is 14.3. The van der Waals surface area contributed by atoms with Crippen molar-refractivity contribution in [2.45, 2.75) is 6.92 Å². The number of nitrogen functional groups attached to an aromatic ring is 1. The molecule has 0 aliphatic rings. The average Bonchev–Trinajstić information content (AvgIpc) is 2.42. The highest BCUT2D eigenvalue weighted by Gasteiger charge is 2.22. The van der Waals surface area contributed by atoms with Crippen molar-refractivity contribution in [3.63, 3.8) is 0 Å². The number of hydrogen-bond acceptors (Lipinski definition) is 4. The molecule has 1 aromatic heterocycles. The summed E-state index contributed by atoms with van der Waals surface area (Å²) in [5, 5.41) is 18.4. The molecule has 0 fully saturated rings. The summed E-state index contributed by atoms with van der Waals surface area (Å²) in [7, 11) is 0. The number of aromatic amines is 1. The number of aryl methyl sites for hydroxylation is 1. The maximum Gasteiger partial charge on any atom is 0.268 e. The van der Waals surface area contributed by atoms with Crippen molar-refractivity contribution in [2.75, 3.05) is 5.73 Å². The summed E-state index contributed by atoms with van der Waals surface area (Å²) < 4.78 is 14.5. The minimum atomic E-state index is -0.763. The molecular weight excluding hydrogens is 339 g/mol. The Kier molecular flexibility index (Phi) is 3.79. The highest BCUT2D eigenvalue weighted by Crippen LogP contribution is 2.34. The lowest BCUT2D eigenvalue weighted by atomic mass is 9.95. The van der Waals surface area contributed by atoms with Crippen LogP contribution in [0.1, 0.15) is 16.7 Å². The Hall–Kier alpha value is -2.64. The third-order valence-corrected chi connectivity index (χ3v) is 3.49. The molecule has 7 heteroatoms. The van der Waals surface area contributed by atoms with E-state index in [-0.39, 0.29) is 32.5 Å². The molecule has 0 spiro atoms. The predicted molar refractivity (Wildman–Crippen MR) is 78.7 cm³/mol. The number of aromatic nitrogens is 1. The first-order valence-corrected chi connectivity index (χ1v) is 6.52. The number of nitrogens with zero attached hydrogens (tertiary/aromatic N) is 2. The lowest BCUT2D eigenvalue weighted by Gasteiger charge is -2.11. The van der Waals surface area contributed by atoms with Gasteiger partial charge in [-0.05, 0) is 40.5 Å². The number of H-pyrrole nitrogens is 1. The van der Waals surface area contributed by atoms with Crippen LogP contribution in [-0.2, 0) is 0 Å². The molecule has 0 bridgehead atoms. The van der Waals surface area contributed by atoms with Gasteiger partial charge in [0.2, 0.25) is 0 Å². The Morgan fingerprint density at radius 3 is 2.48 bits per heavy atom. The molecule has 21 heavy (non-hydrogen) atoms. The molecule has 2 aromatic rings. The highest BCUT2D eigenvalue weighted by atomic mass is 79.9. The van der Waals surface area contributed by atoms with E-state index >= 15 is 0 Å². The minimum Gasteiger partial charge on any atom is -0.384 e. The number of anilines is 1. The van der Waals surface area contributed by atoms with Crippen LogP contribution in [0.3, 0.4) is 0 Å². The zero-order valence-corrected chi connectivity index (χ0v) is 12.4. The van der Waals surface area contributed by atoms with Gasteiger partial charge in [0.05, 0.1) is 4.47 Å². The number of nitrogens with two attached hydrogens (primary N) is 1. The van der Waals surface area contributed by atoms with E-state index in [2.05, 4.69) is 20.9 Å². The third-order valence-electron chi connectivity index (χ3n) is 2.91. The number of hydrogen-bond donors (Lipinski definition) is 2. The van der Waals surface area contributed by atoms with Crippen molar-refractivity contribution < 1.29 is 4.39 Å². The minimum absolute atomic E-state index is 0.0206. The van der Waals surface area contributed by atoms with Crippen LogP contribution >= 0.6 is 15.9 Å². The Bertz CT molecular complexity index is 890. The number of halogens is 2. The van der Waals surface area contributed by atoms with E-state index in [4.69, 9.17) is 11.0 Å². The van der Waals surface area contributed by atoms with Gasteiger partial charge in [0.15, 0.2) is 0 Å². The second-order valence-electron chi connectivity index (χ2n) is 4.32. The van der Waals surface area contributed by atoms with E-state index in [9.17, 15) is 14.4 Å². The van der Waals surface area contributed by atoms with Crippen LogP contribution < -0.4 is 11.3 Å². The zero-order valence-electron chi connectivity index (χ0n) is 10.8. The summed E-state index contributed by atoms with van der Waals surface area (Å²) in [6, 6.07) is 6.50. The van der Waals surface area contributed by atoms with Crippen LogP contribution in [0.2, 0.25) is 0 Å². The van der Waals surface area contributed by atoms with Gasteiger partial charge in [-0.2, -0.15) is 10.5 Å². The van der Waals surface area contributed by atoms with Gasteiger partial charge in [0.25, 0.3) is 5.56 Å². The molecule has 0 saturated heterocycles. The van der Waals surface area contributed by atoms with Crippen molar-refractivity contribution in [1.82, 2.24) is 4.98 Å². The van der Waals surface area contributed by atoms with Crippen LogP contribution in [0.5, 0.6) is 0 Å². The van der Waals surface area contributed by atoms with Gasteiger partial charge >= 0.3 is 0 Å². The van der Waals surface area contributed by atoms with Crippen LogP contribution in [0, 0.1) is 35.4 Å². The largest absolute Gasteiger partial charge is 0.384 e. The van der Waals surface area contributed by atoms with Gasteiger partial charge in [0, 0.05) is 11.1 Å². The standard InChI is InChI=1S/C14H8BrFN4O/c1-6-2-7(12(16)10(15)3-6)11-8(4-17)13(19)20-14(21)9(11)5-18/h2-3H,1H3,(H3,19,20,21). The van der Waals surface area contributed by atoms with E-state index in [1.165, 1.54) is 6.07 Å². The SMILES string of the molecule is Cc1cc(Br)c(F)c(-c2c(C#N)c(N)[nH]c(=O)c2C#N)c1. The second-order valence-corrected chi connectivity index (χ2v) is 5.18. The van der Waals surface area contributed by atoms with E-state index < -0.39 is 11.4 Å². The van der Waals surface area contributed by atoms with Crippen molar-refractivity contribution in [1.29, 1.82) is 10.5 Å². The van der Waals surface area contributed by atoms with E-state index in [1.54, 1.807) is 25.1 Å².